The van der Waals surface area contributed by atoms with Crippen molar-refractivity contribution >= 4 is 16.9 Å². The molecule has 1 aliphatic rings. The summed E-state index contributed by atoms with van der Waals surface area (Å²) in [6.45, 7) is 0. The third-order valence-corrected chi connectivity index (χ3v) is 6.02. The SMILES string of the molecule is COC(=O)CC(c1ccnc2ccccc12)C1C(O)NNC1Cc1ccc(OC)cc1. The first-order valence-corrected chi connectivity index (χ1v) is 10.3. The molecule has 0 saturated carbocycles. The Morgan fingerprint density at radius 1 is 1.10 bits per heavy atom. The van der Waals surface area contributed by atoms with Crippen molar-refractivity contribution in [1.29, 1.82) is 0 Å². The first-order chi connectivity index (χ1) is 15.1. The molecule has 3 aromatic rings. The van der Waals surface area contributed by atoms with E-state index in [9.17, 15) is 9.90 Å². The minimum Gasteiger partial charge on any atom is -0.497 e. The van der Waals surface area contributed by atoms with Crippen molar-refractivity contribution in [2.45, 2.75) is 31.0 Å². The highest BCUT2D eigenvalue weighted by molar-refractivity contribution is 5.83. The highest BCUT2D eigenvalue weighted by Crippen LogP contribution is 2.38. The Morgan fingerprint density at radius 2 is 1.87 bits per heavy atom. The van der Waals surface area contributed by atoms with E-state index in [4.69, 9.17) is 9.47 Å². The number of pyridine rings is 1. The van der Waals surface area contributed by atoms with Gasteiger partial charge in [0.1, 0.15) is 12.0 Å². The number of para-hydroxylation sites is 1. The third kappa shape index (κ3) is 4.54. The van der Waals surface area contributed by atoms with Gasteiger partial charge in [-0.2, -0.15) is 0 Å². The summed E-state index contributed by atoms with van der Waals surface area (Å²) in [6.07, 6.45) is 1.78. The van der Waals surface area contributed by atoms with E-state index in [1.807, 2.05) is 54.6 Å². The number of rotatable bonds is 7. The first kappa shape index (κ1) is 21.2. The van der Waals surface area contributed by atoms with Crippen molar-refractivity contribution in [1.82, 2.24) is 15.8 Å². The number of nitrogens with zero attached hydrogens (tertiary/aromatic N) is 1. The number of aliphatic hydroxyl groups excluding tert-OH is 1. The third-order valence-electron chi connectivity index (χ3n) is 6.02. The number of hydrazine groups is 1. The number of hydrogen-bond donors (Lipinski definition) is 3. The highest BCUT2D eigenvalue weighted by atomic mass is 16.5. The highest BCUT2D eigenvalue weighted by Gasteiger charge is 2.42. The van der Waals surface area contributed by atoms with E-state index in [0.29, 0.717) is 6.42 Å². The smallest absolute Gasteiger partial charge is 0.306 e. The summed E-state index contributed by atoms with van der Waals surface area (Å²) in [5.41, 5.74) is 9.13. The van der Waals surface area contributed by atoms with Crippen molar-refractivity contribution in [2.75, 3.05) is 14.2 Å². The van der Waals surface area contributed by atoms with Crippen LogP contribution in [0.1, 0.15) is 23.5 Å². The Balaban J connectivity index is 1.70. The number of carbonyl (C=O) groups is 1. The summed E-state index contributed by atoms with van der Waals surface area (Å²) in [7, 11) is 3.03. The Morgan fingerprint density at radius 3 is 2.61 bits per heavy atom. The largest absolute Gasteiger partial charge is 0.497 e. The van der Waals surface area contributed by atoms with Crippen LogP contribution in [-0.4, -0.2) is 42.5 Å². The van der Waals surface area contributed by atoms with Crippen LogP contribution in [0.15, 0.2) is 60.8 Å². The number of nitrogens with one attached hydrogen (secondary N) is 2. The van der Waals surface area contributed by atoms with Gasteiger partial charge in [-0.05, 0) is 41.8 Å². The van der Waals surface area contributed by atoms with Crippen LogP contribution in [0.4, 0.5) is 0 Å². The van der Waals surface area contributed by atoms with E-state index in [1.165, 1.54) is 7.11 Å². The quantitative estimate of drug-likeness (QED) is 0.505. The second-order valence-electron chi connectivity index (χ2n) is 7.77. The van der Waals surface area contributed by atoms with Gasteiger partial charge in [-0.15, -0.1) is 0 Å². The van der Waals surface area contributed by atoms with E-state index in [0.717, 1.165) is 27.8 Å². The van der Waals surface area contributed by atoms with Gasteiger partial charge in [-0.25, -0.2) is 5.43 Å². The average molecular weight is 421 g/mol. The maximum atomic E-state index is 12.4. The monoisotopic (exact) mass is 421 g/mol. The Labute approximate surface area is 181 Å². The topological polar surface area (TPSA) is 92.7 Å². The fourth-order valence-electron chi connectivity index (χ4n) is 4.47. The number of fused-ring (bicyclic) bond motifs is 1. The van der Waals surface area contributed by atoms with Gasteiger partial charge in [0.15, 0.2) is 0 Å². The van der Waals surface area contributed by atoms with Gasteiger partial charge < -0.3 is 14.6 Å². The molecule has 0 aliphatic carbocycles. The fourth-order valence-corrected chi connectivity index (χ4v) is 4.47. The molecule has 162 valence electrons. The summed E-state index contributed by atoms with van der Waals surface area (Å²) in [5.74, 6) is -0.0361. The van der Waals surface area contributed by atoms with Gasteiger partial charge in [0.2, 0.25) is 0 Å². The lowest BCUT2D eigenvalue weighted by molar-refractivity contribution is -0.141. The van der Waals surface area contributed by atoms with Crippen LogP contribution in [0.25, 0.3) is 10.9 Å². The normalized spacial score (nSPS) is 21.7. The van der Waals surface area contributed by atoms with Crippen LogP contribution < -0.4 is 15.6 Å². The van der Waals surface area contributed by atoms with Crippen LogP contribution in [0.3, 0.4) is 0 Å². The summed E-state index contributed by atoms with van der Waals surface area (Å²) in [4.78, 5) is 16.8. The molecule has 4 atom stereocenters. The molecule has 3 N–H and O–H groups in total. The second kappa shape index (κ2) is 9.43. The predicted molar refractivity (Wildman–Crippen MR) is 117 cm³/mol. The van der Waals surface area contributed by atoms with Crippen molar-refractivity contribution < 1.29 is 19.4 Å². The molecule has 1 saturated heterocycles. The number of methoxy groups -OCH3 is 2. The molecule has 0 amide bonds. The molecule has 4 rings (SSSR count). The standard InChI is InChI=1S/C24H27N3O4/c1-30-16-9-7-15(8-10-16)13-21-23(24(29)27-26-21)19(14-22(28)31-2)17-11-12-25-20-6-4-3-5-18(17)20/h3-12,19,21,23-24,26-27,29H,13-14H2,1-2H3. The number of aromatic nitrogens is 1. The zero-order valence-corrected chi connectivity index (χ0v) is 17.6. The second-order valence-corrected chi connectivity index (χ2v) is 7.77. The maximum Gasteiger partial charge on any atom is 0.306 e. The number of hydrogen-bond acceptors (Lipinski definition) is 7. The van der Waals surface area contributed by atoms with Gasteiger partial charge in [0, 0.05) is 29.5 Å². The van der Waals surface area contributed by atoms with Crippen molar-refractivity contribution in [3.63, 3.8) is 0 Å². The maximum absolute atomic E-state index is 12.4. The summed E-state index contributed by atoms with van der Waals surface area (Å²) in [6, 6.07) is 17.6. The minimum absolute atomic E-state index is 0.0926. The summed E-state index contributed by atoms with van der Waals surface area (Å²) in [5, 5.41) is 11.8. The number of esters is 1. The summed E-state index contributed by atoms with van der Waals surface area (Å²) >= 11 is 0. The number of carbonyl (C=O) groups excluding carboxylic acids is 1. The lowest BCUT2D eigenvalue weighted by Crippen LogP contribution is -2.36. The van der Waals surface area contributed by atoms with E-state index < -0.39 is 6.23 Å². The molecule has 2 aromatic carbocycles. The minimum atomic E-state index is -0.815. The van der Waals surface area contributed by atoms with E-state index in [-0.39, 0.29) is 30.3 Å². The fraction of sp³-hybridized carbons (Fsp3) is 0.333. The van der Waals surface area contributed by atoms with Crippen LogP contribution in [-0.2, 0) is 16.0 Å². The number of aliphatic hydroxyl groups is 1. The molecule has 2 heterocycles. The molecule has 0 radical (unpaired) electrons. The Kier molecular flexibility index (Phi) is 6.46. The molecule has 7 heteroatoms. The Bertz CT molecular complexity index is 1040. The molecular formula is C24H27N3O4. The molecule has 1 fully saturated rings. The zero-order valence-electron chi connectivity index (χ0n) is 17.6. The molecule has 31 heavy (non-hydrogen) atoms. The lowest BCUT2D eigenvalue weighted by Gasteiger charge is -2.30. The Hall–Kier alpha value is -3.00. The van der Waals surface area contributed by atoms with Gasteiger partial charge in [-0.1, -0.05) is 30.3 Å². The van der Waals surface area contributed by atoms with Gasteiger partial charge >= 0.3 is 5.97 Å². The predicted octanol–water partition coefficient (Wildman–Crippen LogP) is 2.54. The van der Waals surface area contributed by atoms with Crippen molar-refractivity contribution in [3.8, 4) is 5.75 Å². The summed E-state index contributed by atoms with van der Waals surface area (Å²) < 4.78 is 10.2. The molecule has 1 aromatic heterocycles. The molecule has 0 spiro atoms. The number of benzene rings is 2. The van der Waals surface area contributed by atoms with E-state index in [2.05, 4.69) is 15.8 Å². The van der Waals surface area contributed by atoms with E-state index >= 15 is 0 Å². The van der Waals surface area contributed by atoms with Gasteiger partial charge in [-0.3, -0.25) is 15.2 Å². The molecule has 1 aliphatic heterocycles. The van der Waals surface area contributed by atoms with E-state index in [1.54, 1.807) is 13.3 Å². The molecule has 4 unspecified atom stereocenters. The van der Waals surface area contributed by atoms with Crippen LogP contribution >= 0.6 is 0 Å². The van der Waals surface area contributed by atoms with Crippen LogP contribution in [0, 0.1) is 5.92 Å². The van der Waals surface area contributed by atoms with Crippen molar-refractivity contribution in [3.05, 3.63) is 71.9 Å². The average Bonchev–Trinajstić information content (AvgIpc) is 3.17. The van der Waals surface area contributed by atoms with Gasteiger partial charge in [0.05, 0.1) is 26.2 Å². The first-order valence-electron chi connectivity index (χ1n) is 10.3. The molecule has 7 nitrogen and oxygen atoms in total. The van der Waals surface area contributed by atoms with Gasteiger partial charge in [0.25, 0.3) is 0 Å². The molecular weight excluding hydrogens is 394 g/mol. The van der Waals surface area contributed by atoms with Crippen LogP contribution in [0.2, 0.25) is 0 Å². The zero-order chi connectivity index (χ0) is 21.8. The van der Waals surface area contributed by atoms with Crippen molar-refractivity contribution in [2.24, 2.45) is 5.92 Å². The molecule has 0 bridgehead atoms. The lowest BCUT2D eigenvalue weighted by atomic mass is 9.76. The van der Waals surface area contributed by atoms with Crippen LogP contribution in [0.5, 0.6) is 5.75 Å². The number of ether oxygens (including phenoxy) is 2.